The Balaban J connectivity index is 2.74. The van der Waals surface area contributed by atoms with E-state index in [4.69, 9.17) is 22.4 Å². The molecule has 0 saturated carbocycles. The Morgan fingerprint density at radius 3 is 2.47 bits per heavy atom. The lowest BCUT2D eigenvalue weighted by atomic mass is 10.1. The summed E-state index contributed by atoms with van der Waals surface area (Å²) in [6.45, 7) is 0. The van der Waals surface area contributed by atoms with Gasteiger partial charge >= 0.3 is 5.97 Å². The van der Waals surface area contributed by atoms with Crippen LogP contribution >= 0.6 is 11.6 Å². The summed E-state index contributed by atoms with van der Waals surface area (Å²) in [5.74, 6) is -2.47. The largest absolute Gasteiger partial charge is 0.480 e. The van der Waals surface area contributed by atoms with E-state index in [1.54, 1.807) is 12.1 Å². The van der Waals surface area contributed by atoms with Crippen molar-refractivity contribution < 1.29 is 19.5 Å². The van der Waals surface area contributed by atoms with Crippen molar-refractivity contribution in [3.63, 3.8) is 0 Å². The molecule has 2 amide bonds. The van der Waals surface area contributed by atoms with Crippen molar-refractivity contribution in [2.45, 2.75) is 18.9 Å². The number of primary amides is 1. The third kappa shape index (κ3) is 4.59. The Labute approximate surface area is 114 Å². The van der Waals surface area contributed by atoms with Gasteiger partial charge in [0.25, 0.3) is 5.91 Å². The molecule has 1 atom stereocenters. The molecular weight excluding hydrogens is 272 g/mol. The van der Waals surface area contributed by atoms with Crippen molar-refractivity contribution in [1.82, 2.24) is 5.32 Å². The minimum absolute atomic E-state index is 0.0686. The average Bonchev–Trinajstić information content (AvgIpc) is 2.34. The number of hydrogen-bond acceptors (Lipinski definition) is 3. The highest BCUT2D eigenvalue weighted by molar-refractivity contribution is 6.33. The third-order valence-electron chi connectivity index (χ3n) is 2.40. The quantitative estimate of drug-likeness (QED) is 0.717. The van der Waals surface area contributed by atoms with Gasteiger partial charge in [0.2, 0.25) is 5.91 Å². The van der Waals surface area contributed by atoms with E-state index in [0.717, 1.165) is 0 Å². The van der Waals surface area contributed by atoms with Gasteiger partial charge in [-0.1, -0.05) is 23.7 Å². The van der Waals surface area contributed by atoms with Gasteiger partial charge in [-0.2, -0.15) is 0 Å². The molecule has 19 heavy (non-hydrogen) atoms. The molecule has 1 aromatic carbocycles. The van der Waals surface area contributed by atoms with Gasteiger partial charge in [-0.3, -0.25) is 9.59 Å². The van der Waals surface area contributed by atoms with Gasteiger partial charge < -0.3 is 16.2 Å². The molecule has 0 aliphatic rings. The molecule has 0 radical (unpaired) electrons. The van der Waals surface area contributed by atoms with Gasteiger partial charge in [0.05, 0.1) is 10.6 Å². The molecule has 0 aliphatic carbocycles. The highest BCUT2D eigenvalue weighted by Gasteiger charge is 2.22. The molecule has 1 rings (SSSR count). The molecule has 0 aromatic heterocycles. The Morgan fingerprint density at radius 1 is 1.32 bits per heavy atom. The van der Waals surface area contributed by atoms with E-state index in [0.29, 0.717) is 0 Å². The van der Waals surface area contributed by atoms with Gasteiger partial charge in [-0.05, 0) is 18.6 Å². The molecular formula is C12H13ClN2O4. The van der Waals surface area contributed by atoms with Gasteiger partial charge in [0.1, 0.15) is 6.04 Å². The zero-order valence-corrected chi connectivity index (χ0v) is 10.7. The van der Waals surface area contributed by atoms with Gasteiger partial charge in [-0.25, -0.2) is 4.79 Å². The number of hydrogen-bond donors (Lipinski definition) is 3. The molecule has 0 heterocycles. The summed E-state index contributed by atoms with van der Waals surface area (Å²) in [4.78, 5) is 33.4. The van der Waals surface area contributed by atoms with Crippen LogP contribution < -0.4 is 11.1 Å². The molecule has 0 fully saturated rings. The summed E-state index contributed by atoms with van der Waals surface area (Å²) in [5, 5.41) is 11.5. The van der Waals surface area contributed by atoms with Crippen molar-refractivity contribution in [2.75, 3.05) is 0 Å². The minimum atomic E-state index is -1.23. The number of benzene rings is 1. The van der Waals surface area contributed by atoms with Crippen LogP contribution in [0.15, 0.2) is 24.3 Å². The van der Waals surface area contributed by atoms with Crippen LogP contribution in [-0.4, -0.2) is 28.9 Å². The van der Waals surface area contributed by atoms with Crippen LogP contribution in [0.25, 0.3) is 0 Å². The fourth-order valence-electron chi connectivity index (χ4n) is 1.43. The summed E-state index contributed by atoms with van der Waals surface area (Å²) in [6.07, 6.45) is -0.194. The normalized spacial score (nSPS) is 11.6. The van der Waals surface area contributed by atoms with Crippen LogP contribution in [0.5, 0.6) is 0 Å². The molecule has 0 unspecified atom stereocenters. The molecule has 0 aliphatic heterocycles. The van der Waals surface area contributed by atoms with Gasteiger partial charge in [-0.15, -0.1) is 0 Å². The highest BCUT2D eigenvalue weighted by atomic mass is 35.5. The number of aliphatic carboxylic acids is 1. The molecule has 6 nitrogen and oxygen atoms in total. The van der Waals surface area contributed by atoms with E-state index in [2.05, 4.69) is 5.32 Å². The van der Waals surface area contributed by atoms with Crippen molar-refractivity contribution >= 4 is 29.4 Å². The smallest absolute Gasteiger partial charge is 0.326 e. The van der Waals surface area contributed by atoms with E-state index in [1.807, 2.05) is 0 Å². The number of rotatable bonds is 6. The number of carbonyl (C=O) groups excluding carboxylic acids is 2. The van der Waals surface area contributed by atoms with Gasteiger partial charge in [0.15, 0.2) is 0 Å². The van der Waals surface area contributed by atoms with E-state index < -0.39 is 23.8 Å². The molecule has 7 heteroatoms. The number of nitrogens with one attached hydrogen (secondary N) is 1. The van der Waals surface area contributed by atoms with Crippen LogP contribution in [0, 0.1) is 0 Å². The Bertz CT molecular complexity index is 504. The van der Waals surface area contributed by atoms with Crippen molar-refractivity contribution in [3.05, 3.63) is 34.9 Å². The maximum absolute atomic E-state index is 11.8. The first-order valence-electron chi connectivity index (χ1n) is 5.48. The van der Waals surface area contributed by atoms with E-state index >= 15 is 0 Å². The van der Waals surface area contributed by atoms with Gasteiger partial charge in [0, 0.05) is 6.42 Å². The average molecular weight is 285 g/mol. The molecule has 1 aromatic rings. The van der Waals surface area contributed by atoms with Crippen LogP contribution in [-0.2, 0) is 9.59 Å². The summed E-state index contributed by atoms with van der Waals surface area (Å²) >= 11 is 5.83. The van der Waals surface area contributed by atoms with E-state index in [-0.39, 0.29) is 23.4 Å². The Morgan fingerprint density at radius 2 is 1.95 bits per heavy atom. The maximum atomic E-state index is 11.8. The second kappa shape index (κ2) is 6.75. The van der Waals surface area contributed by atoms with Crippen LogP contribution in [0.3, 0.4) is 0 Å². The zero-order chi connectivity index (χ0) is 14.4. The Hall–Kier alpha value is -2.08. The first kappa shape index (κ1) is 15.0. The molecule has 0 spiro atoms. The summed E-state index contributed by atoms with van der Waals surface area (Å²) < 4.78 is 0. The fourth-order valence-corrected chi connectivity index (χ4v) is 1.65. The van der Waals surface area contributed by atoms with Crippen LogP contribution in [0.4, 0.5) is 0 Å². The fraction of sp³-hybridized carbons (Fsp3) is 0.250. The predicted molar refractivity (Wildman–Crippen MR) is 68.8 cm³/mol. The summed E-state index contributed by atoms with van der Waals surface area (Å²) in [7, 11) is 0. The van der Waals surface area contributed by atoms with Crippen LogP contribution in [0.1, 0.15) is 23.2 Å². The number of carbonyl (C=O) groups is 3. The zero-order valence-electron chi connectivity index (χ0n) is 9.93. The lowest BCUT2D eigenvalue weighted by molar-refractivity contribution is -0.139. The number of carboxylic acids is 1. The lowest BCUT2D eigenvalue weighted by Crippen LogP contribution is -2.41. The molecule has 0 saturated heterocycles. The third-order valence-corrected chi connectivity index (χ3v) is 2.73. The van der Waals surface area contributed by atoms with Crippen molar-refractivity contribution in [2.24, 2.45) is 5.73 Å². The van der Waals surface area contributed by atoms with E-state index in [9.17, 15) is 14.4 Å². The molecule has 4 N–H and O–H groups in total. The first-order valence-corrected chi connectivity index (χ1v) is 5.86. The summed E-state index contributed by atoms with van der Waals surface area (Å²) in [5.41, 5.74) is 5.12. The number of nitrogens with two attached hydrogens (primary N) is 1. The van der Waals surface area contributed by atoms with Crippen molar-refractivity contribution in [3.8, 4) is 0 Å². The number of halogens is 1. The number of carboxylic acid groups (broad SMARTS) is 1. The number of amides is 2. The topological polar surface area (TPSA) is 109 Å². The SMILES string of the molecule is NC(=O)CC[C@H](NC(=O)c1ccccc1Cl)C(=O)O. The molecule has 102 valence electrons. The minimum Gasteiger partial charge on any atom is -0.480 e. The van der Waals surface area contributed by atoms with E-state index in [1.165, 1.54) is 12.1 Å². The molecule has 0 bridgehead atoms. The lowest BCUT2D eigenvalue weighted by Gasteiger charge is -2.14. The highest BCUT2D eigenvalue weighted by Crippen LogP contribution is 2.15. The standard InChI is InChI=1S/C12H13ClN2O4/c13-8-4-2-1-3-7(8)11(17)15-9(12(18)19)5-6-10(14)16/h1-4,9H,5-6H2,(H2,14,16)(H,15,17)(H,18,19)/t9-/m0/s1. The second-order valence-corrected chi connectivity index (χ2v) is 4.26. The second-order valence-electron chi connectivity index (χ2n) is 3.85. The Kier molecular flexibility index (Phi) is 5.32. The van der Waals surface area contributed by atoms with Crippen molar-refractivity contribution in [1.29, 1.82) is 0 Å². The predicted octanol–water partition coefficient (Wildman–Crippen LogP) is 0.788. The summed E-state index contributed by atoms with van der Waals surface area (Å²) in [6, 6.07) is 5.08. The monoisotopic (exact) mass is 284 g/mol. The first-order chi connectivity index (χ1) is 8.91. The maximum Gasteiger partial charge on any atom is 0.326 e. The van der Waals surface area contributed by atoms with Crippen LogP contribution in [0.2, 0.25) is 5.02 Å².